The van der Waals surface area contributed by atoms with Crippen molar-refractivity contribution in [2.45, 2.75) is 49.7 Å². The molecule has 8 rings (SSSR count). The third-order valence-electron chi connectivity index (χ3n) is 8.12. The number of rotatable bonds is 3. The molecule has 0 saturated heterocycles. The summed E-state index contributed by atoms with van der Waals surface area (Å²) in [4.78, 5) is 9.08. The highest BCUT2D eigenvalue weighted by atomic mass is 19.1. The molecule has 4 aliphatic rings. The Balaban J connectivity index is 1.46. The van der Waals surface area contributed by atoms with Crippen LogP contribution in [0.2, 0.25) is 0 Å². The second-order valence-electron chi connectivity index (χ2n) is 10.5. The fourth-order valence-corrected chi connectivity index (χ4v) is 7.30. The Morgan fingerprint density at radius 1 is 1.03 bits per heavy atom. The van der Waals surface area contributed by atoms with Crippen LogP contribution in [0.3, 0.4) is 0 Å². The Bertz CT molecular complexity index is 1470. The van der Waals surface area contributed by atoms with Crippen molar-refractivity contribution < 1.29 is 9.50 Å². The van der Waals surface area contributed by atoms with E-state index in [1.54, 1.807) is 16.6 Å². The van der Waals surface area contributed by atoms with Gasteiger partial charge in [0.05, 0.1) is 29.5 Å². The molecule has 34 heavy (non-hydrogen) atoms. The number of aliphatic hydroxyl groups is 1. The molecule has 7 nitrogen and oxygen atoms in total. The van der Waals surface area contributed by atoms with Crippen LogP contribution in [-0.2, 0) is 5.54 Å². The van der Waals surface area contributed by atoms with E-state index in [-0.39, 0.29) is 11.4 Å². The van der Waals surface area contributed by atoms with Gasteiger partial charge < -0.3 is 9.67 Å². The molecule has 8 heteroatoms. The number of nitriles is 1. The summed E-state index contributed by atoms with van der Waals surface area (Å²) in [7, 11) is 0. The highest BCUT2D eigenvalue weighted by Crippen LogP contribution is 2.61. The number of nitrogens with zero attached hydrogens (tertiary/aromatic N) is 6. The lowest BCUT2D eigenvalue weighted by molar-refractivity contribution is -0.156. The van der Waals surface area contributed by atoms with Gasteiger partial charge in [-0.2, -0.15) is 10.4 Å². The quantitative estimate of drug-likeness (QED) is 0.498. The number of hydrogen-bond acceptors (Lipinski definition) is 5. The van der Waals surface area contributed by atoms with Crippen LogP contribution in [0.25, 0.3) is 28.3 Å². The van der Waals surface area contributed by atoms with E-state index in [0.717, 1.165) is 36.9 Å². The molecule has 3 aromatic heterocycles. The van der Waals surface area contributed by atoms with Gasteiger partial charge in [-0.3, -0.25) is 0 Å². The molecule has 0 unspecified atom stereocenters. The van der Waals surface area contributed by atoms with E-state index in [4.69, 9.17) is 10.1 Å². The monoisotopic (exact) mass is 454 g/mol. The molecule has 0 aliphatic heterocycles. The Labute approximate surface area is 195 Å². The topological polar surface area (TPSA) is 92.0 Å². The fraction of sp³-hybridized carbons (Fsp3) is 0.385. The molecular weight excluding hydrogens is 431 g/mol. The average molecular weight is 455 g/mol. The number of imidazole rings is 2. The van der Waals surface area contributed by atoms with Gasteiger partial charge in [0, 0.05) is 11.1 Å². The van der Waals surface area contributed by atoms with Gasteiger partial charge in [0.15, 0.2) is 11.3 Å². The van der Waals surface area contributed by atoms with Crippen molar-refractivity contribution in [1.82, 2.24) is 24.1 Å². The lowest BCUT2D eigenvalue weighted by Crippen LogP contribution is -2.59. The van der Waals surface area contributed by atoms with Crippen molar-refractivity contribution in [3.8, 4) is 28.7 Å². The first-order valence-corrected chi connectivity index (χ1v) is 11.8. The van der Waals surface area contributed by atoms with E-state index in [2.05, 4.69) is 15.6 Å². The molecule has 1 N–H and O–H groups in total. The summed E-state index contributed by atoms with van der Waals surface area (Å²) in [6.07, 6.45) is 9.05. The third-order valence-corrected chi connectivity index (χ3v) is 8.12. The van der Waals surface area contributed by atoms with E-state index in [9.17, 15) is 14.8 Å². The molecule has 4 aromatic rings. The van der Waals surface area contributed by atoms with Crippen molar-refractivity contribution in [2.24, 2.45) is 11.8 Å². The second kappa shape index (κ2) is 6.73. The van der Waals surface area contributed by atoms with Gasteiger partial charge in [0.25, 0.3) is 0 Å². The first-order chi connectivity index (χ1) is 16.5. The van der Waals surface area contributed by atoms with E-state index < -0.39 is 5.60 Å². The van der Waals surface area contributed by atoms with Crippen molar-refractivity contribution in [2.75, 3.05) is 0 Å². The van der Waals surface area contributed by atoms with Crippen LogP contribution < -0.4 is 0 Å². The van der Waals surface area contributed by atoms with Gasteiger partial charge in [-0.1, -0.05) is 0 Å². The molecule has 4 bridgehead atoms. The Morgan fingerprint density at radius 2 is 1.79 bits per heavy atom. The van der Waals surface area contributed by atoms with Gasteiger partial charge in [-0.15, -0.1) is 0 Å². The average Bonchev–Trinajstić information content (AvgIpc) is 3.42. The van der Waals surface area contributed by atoms with E-state index in [1.807, 2.05) is 18.5 Å². The van der Waals surface area contributed by atoms with Crippen LogP contribution >= 0.6 is 0 Å². The molecule has 0 spiro atoms. The summed E-state index contributed by atoms with van der Waals surface area (Å²) in [6, 6.07) is 12.2. The van der Waals surface area contributed by atoms with Crippen molar-refractivity contribution in [3.63, 3.8) is 0 Å². The van der Waals surface area contributed by atoms with E-state index in [1.165, 1.54) is 24.8 Å². The minimum absolute atomic E-state index is 0.233. The van der Waals surface area contributed by atoms with E-state index in [0.29, 0.717) is 41.0 Å². The minimum Gasteiger partial charge on any atom is -0.390 e. The number of halogens is 1. The van der Waals surface area contributed by atoms with Gasteiger partial charge in [-0.05, 0) is 86.8 Å². The summed E-state index contributed by atoms with van der Waals surface area (Å²) < 4.78 is 17.5. The van der Waals surface area contributed by atoms with Gasteiger partial charge >= 0.3 is 0 Å². The molecule has 0 radical (unpaired) electrons. The maximum absolute atomic E-state index is 13.7. The molecule has 4 aliphatic carbocycles. The molecule has 3 heterocycles. The zero-order valence-electron chi connectivity index (χ0n) is 18.5. The van der Waals surface area contributed by atoms with Crippen molar-refractivity contribution in [3.05, 3.63) is 60.4 Å². The van der Waals surface area contributed by atoms with Crippen molar-refractivity contribution >= 4 is 5.65 Å². The Morgan fingerprint density at radius 3 is 2.50 bits per heavy atom. The predicted octanol–water partition coefficient (Wildman–Crippen LogP) is 4.31. The summed E-state index contributed by atoms with van der Waals surface area (Å²) in [5.41, 5.74) is 3.10. The first kappa shape index (κ1) is 19.9. The Kier molecular flexibility index (Phi) is 3.93. The number of benzene rings is 1. The van der Waals surface area contributed by atoms with Gasteiger partial charge in [0.2, 0.25) is 0 Å². The lowest BCUT2D eigenvalue weighted by Gasteiger charge is -2.60. The molecule has 4 saturated carbocycles. The highest BCUT2D eigenvalue weighted by Gasteiger charge is 2.58. The highest BCUT2D eigenvalue weighted by molar-refractivity contribution is 5.77. The summed E-state index contributed by atoms with van der Waals surface area (Å²) >= 11 is 0. The lowest BCUT2D eigenvalue weighted by atomic mass is 9.51. The maximum atomic E-state index is 13.7. The zero-order valence-corrected chi connectivity index (χ0v) is 18.5. The third kappa shape index (κ3) is 2.80. The van der Waals surface area contributed by atoms with E-state index >= 15 is 0 Å². The van der Waals surface area contributed by atoms with Crippen LogP contribution in [0.15, 0.2) is 48.9 Å². The maximum Gasteiger partial charge on any atom is 0.162 e. The Hall–Kier alpha value is -3.57. The van der Waals surface area contributed by atoms with Crippen LogP contribution in [0.4, 0.5) is 4.39 Å². The molecule has 170 valence electrons. The molecule has 4 atom stereocenters. The van der Waals surface area contributed by atoms with Crippen LogP contribution in [-0.4, -0.2) is 34.9 Å². The normalized spacial score (nSPS) is 29.6. The molecule has 1 aromatic carbocycles. The fourth-order valence-electron chi connectivity index (χ4n) is 7.30. The largest absolute Gasteiger partial charge is 0.390 e. The number of fused-ring (bicyclic) bond motifs is 1. The van der Waals surface area contributed by atoms with Crippen LogP contribution in [0, 0.1) is 29.0 Å². The van der Waals surface area contributed by atoms with Gasteiger partial charge in [-0.25, -0.2) is 18.9 Å². The van der Waals surface area contributed by atoms with Crippen LogP contribution in [0.1, 0.15) is 44.2 Å². The number of hydrogen-bond donors (Lipinski definition) is 1. The summed E-state index contributed by atoms with van der Waals surface area (Å²) in [5.74, 6) is 0.708. The molecule has 0 amide bonds. The molecule has 4 fully saturated rings. The zero-order chi connectivity index (χ0) is 23.1. The first-order valence-electron chi connectivity index (χ1n) is 11.8. The predicted molar refractivity (Wildman–Crippen MR) is 122 cm³/mol. The smallest absolute Gasteiger partial charge is 0.162 e. The van der Waals surface area contributed by atoms with Crippen molar-refractivity contribution in [1.29, 1.82) is 5.26 Å². The number of aromatic nitrogens is 5. The summed E-state index contributed by atoms with van der Waals surface area (Å²) in [6.45, 7) is 0. The summed E-state index contributed by atoms with van der Waals surface area (Å²) in [5, 5.41) is 25.7. The van der Waals surface area contributed by atoms with Gasteiger partial charge in [0.1, 0.15) is 17.6 Å². The van der Waals surface area contributed by atoms with Crippen LogP contribution in [0.5, 0.6) is 0 Å². The standard InChI is InChI=1S/C26H23FN6O/c27-19-3-1-18(2-4-19)23-24(21-5-6-22-29-13-20(12-28)33(22)31-21)32(15-30-23)25-8-16-7-17(9-25)11-26(34,10-16)14-25/h1-6,13,15-17,34H,7-11,14H2/t16-,17+,25+,26-. The SMILES string of the molecule is N#Cc1cnc2ccc(-c3c(-c4ccc(F)cc4)ncn3[C@@]34C[C@@H]5C[C@@H](C[C@@](O)(C5)C3)C4)nn12. The molecular formula is C26H23FN6O. The minimum atomic E-state index is -0.628. The second-order valence-corrected chi connectivity index (χ2v) is 10.5.